The fourth-order valence-electron chi connectivity index (χ4n) is 5.22. The largest absolute Gasteiger partial charge is 0.364 e. The first-order chi connectivity index (χ1) is 15.2. The van der Waals surface area contributed by atoms with Gasteiger partial charge in [0.1, 0.15) is 5.70 Å². The van der Waals surface area contributed by atoms with Gasteiger partial charge in [0.25, 0.3) is 0 Å². The summed E-state index contributed by atoms with van der Waals surface area (Å²) in [6, 6.07) is 13.3. The molecule has 2 aliphatic rings. The van der Waals surface area contributed by atoms with Crippen LogP contribution in [0.3, 0.4) is 0 Å². The summed E-state index contributed by atoms with van der Waals surface area (Å²) in [6.07, 6.45) is 10.8. The van der Waals surface area contributed by atoms with Gasteiger partial charge in [-0.25, -0.2) is 0 Å². The van der Waals surface area contributed by atoms with Crippen LogP contribution in [0.15, 0.2) is 61.0 Å². The van der Waals surface area contributed by atoms with Crippen LogP contribution in [-0.2, 0) is 6.42 Å². The summed E-state index contributed by atoms with van der Waals surface area (Å²) in [5, 5.41) is 3.62. The van der Waals surface area contributed by atoms with E-state index in [1.54, 1.807) is 0 Å². The molecule has 1 atom stereocenters. The molecule has 1 aliphatic carbocycles. The molecule has 1 aromatic heterocycles. The molecule has 1 spiro atoms. The standard InChI is InChI=1S/C28H35N3/c1-4-27(31(5-2)6-3)26-14-13-23(21-30-26)25-20-28(15-9-10-17-29-18-16-28)19-22-11-7-8-12-24(22)25/h7-8,11-14,20-21,29H,1,5-6,9-10,15-19H2,2-3H3. The van der Waals surface area contributed by atoms with Gasteiger partial charge in [-0.2, -0.15) is 0 Å². The van der Waals surface area contributed by atoms with Crippen LogP contribution in [-0.4, -0.2) is 36.1 Å². The van der Waals surface area contributed by atoms with Crippen molar-refractivity contribution < 1.29 is 0 Å². The SMILES string of the molecule is C=C=C(c1ccc(C2=CC3(CCCCNCC3)Cc3ccccc32)cn1)N(CC)CC. The third-order valence-corrected chi connectivity index (χ3v) is 6.94. The molecular formula is C28H35N3. The highest BCUT2D eigenvalue weighted by molar-refractivity contribution is 5.83. The number of rotatable bonds is 5. The molecule has 1 fully saturated rings. The maximum absolute atomic E-state index is 4.85. The monoisotopic (exact) mass is 413 g/mol. The quantitative estimate of drug-likeness (QED) is 0.639. The number of hydrogen-bond acceptors (Lipinski definition) is 3. The van der Waals surface area contributed by atoms with Crippen molar-refractivity contribution in [2.75, 3.05) is 26.2 Å². The number of hydrogen-bond donors (Lipinski definition) is 1. The minimum Gasteiger partial charge on any atom is -0.364 e. The van der Waals surface area contributed by atoms with Crippen molar-refractivity contribution in [2.24, 2.45) is 5.41 Å². The molecule has 31 heavy (non-hydrogen) atoms. The summed E-state index contributed by atoms with van der Waals surface area (Å²) >= 11 is 0. The second-order valence-corrected chi connectivity index (χ2v) is 8.84. The molecule has 1 aromatic carbocycles. The summed E-state index contributed by atoms with van der Waals surface area (Å²) in [5.74, 6) is 0. The van der Waals surface area contributed by atoms with Crippen LogP contribution in [0.25, 0.3) is 11.3 Å². The molecule has 0 radical (unpaired) electrons. The third-order valence-electron chi connectivity index (χ3n) is 6.94. The highest BCUT2D eigenvalue weighted by Crippen LogP contribution is 2.45. The number of nitrogens with one attached hydrogen (secondary N) is 1. The molecule has 162 valence electrons. The van der Waals surface area contributed by atoms with Gasteiger partial charge in [-0.05, 0) is 80.8 Å². The van der Waals surface area contributed by atoms with Crippen LogP contribution < -0.4 is 5.32 Å². The average molecular weight is 414 g/mol. The van der Waals surface area contributed by atoms with Gasteiger partial charge in [0, 0.05) is 24.8 Å². The lowest BCUT2D eigenvalue weighted by molar-refractivity contribution is 0.284. The van der Waals surface area contributed by atoms with Crippen molar-refractivity contribution in [2.45, 2.75) is 46.0 Å². The fraction of sp³-hybridized carbons (Fsp3) is 0.429. The number of aromatic nitrogens is 1. The first-order valence-corrected chi connectivity index (χ1v) is 11.8. The first-order valence-electron chi connectivity index (χ1n) is 11.8. The van der Waals surface area contributed by atoms with E-state index in [1.165, 1.54) is 47.9 Å². The van der Waals surface area contributed by atoms with Crippen LogP contribution in [0.2, 0.25) is 0 Å². The molecule has 3 nitrogen and oxygen atoms in total. The topological polar surface area (TPSA) is 28.2 Å². The maximum atomic E-state index is 4.85. The van der Waals surface area contributed by atoms with E-state index in [-0.39, 0.29) is 5.41 Å². The molecule has 1 aliphatic heterocycles. The summed E-state index contributed by atoms with van der Waals surface area (Å²) in [7, 11) is 0. The summed E-state index contributed by atoms with van der Waals surface area (Å²) in [6.45, 7) is 12.3. The average Bonchev–Trinajstić information content (AvgIpc) is 2.80. The molecule has 1 saturated heterocycles. The molecule has 2 aromatic rings. The second-order valence-electron chi connectivity index (χ2n) is 8.84. The van der Waals surface area contributed by atoms with Crippen LogP contribution in [0.1, 0.15) is 61.9 Å². The zero-order valence-electron chi connectivity index (χ0n) is 19.1. The number of benzene rings is 1. The van der Waals surface area contributed by atoms with E-state index >= 15 is 0 Å². The molecular weight excluding hydrogens is 378 g/mol. The Bertz CT molecular complexity index is 968. The molecule has 4 rings (SSSR count). The molecule has 1 unspecified atom stereocenters. The van der Waals surface area contributed by atoms with Crippen molar-refractivity contribution in [1.82, 2.24) is 15.2 Å². The van der Waals surface area contributed by atoms with Gasteiger partial charge in [0.05, 0.1) is 5.69 Å². The predicted molar refractivity (Wildman–Crippen MR) is 131 cm³/mol. The minimum absolute atomic E-state index is 0.239. The third kappa shape index (κ3) is 4.54. The molecule has 2 heterocycles. The van der Waals surface area contributed by atoms with Gasteiger partial charge >= 0.3 is 0 Å². The normalized spacial score (nSPS) is 20.8. The number of pyridine rings is 1. The fourth-order valence-corrected chi connectivity index (χ4v) is 5.22. The van der Waals surface area contributed by atoms with Gasteiger partial charge in [0.15, 0.2) is 0 Å². The van der Waals surface area contributed by atoms with Crippen LogP contribution >= 0.6 is 0 Å². The Morgan fingerprint density at radius 1 is 1.10 bits per heavy atom. The van der Waals surface area contributed by atoms with Crippen LogP contribution in [0.5, 0.6) is 0 Å². The molecule has 0 amide bonds. The Hall–Kier alpha value is -2.61. The number of fused-ring (bicyclic) bond motifs is 1. The van der Waals surface area contributed by atoms with Gasteiger partial charge in [-0.3, -0.25) is 4.98 Å². The lowest BCUT2D eigenvalue weighted by atomic mass is 9.67. The van der Waals surface area contributed by atoms with Crippen molar-refractivity contribution in [3.63, 3.8) is 0 Å². The Kier molecular flexibility index (Phi) is 6.75. The van der Waals surface area contributed by atoms with Crippen molar-refractivity contribution in [1.29, 1.82) is 0 Å². The smallest absolute Gasteiger partial charge is 0.105 e. The first kappa shape index (κ1) is 21.6. The Morgan fingerprint density at radius 3 is 2.68 bits per heavy atom. The summed E-state index contributed by atoms with van der Waals surface area (Å²) < 4.78 is 0. The highest BCUT2D eigenvalue weighted by Gasteiger charge is 2.33. The predicted octanol–water partition coefficient (Wildman–Crippen LogP) is 5.69. The molecule has 3 heteroatoms. The Labute approximate surface area is 187 Å². The Morgan fingerprint density at radius 2 is 1.94 bits per heavy atom. The molecule has 0 bridgehead atoms. The van der Waals surface area contributed by atoms with E-state index in [0.29, 0.717) is 0 Å². The van der Waals surface area contributed by atoms with Crippen LogP contribution in [0, 0.1) is 5.41 Å². The molecule has 0 saturated carbocycles. The van der Waals surface area contributed by atoms with E-state index in [0.717, 1.165) is 44.0 Å². The van der Waals surface area contributed by atoms with Crippen molar-refractivity contribution in [3.8, 4) is 0 Å². The maximum Gasteiger partial charge on any atom is 0.105 e. The van der Waals surface area contributed by atoms with E-state index < -0.39 is 0 Å². The van der Waals surface area contributed by atoms with Gasteiger partial charge in [-0.1, -0.05) is 49.4 Å². The lowest BCUT2D eigenvalue weighted by Gasteiger charge is -2.38. The van der Waals surface area contributed by atoms with Crippen LogP contribution in [0.4, 0.5) is 0 Å². The van der Waals surface area contributed by atoms with E-state index in [2.05, 4.69) is 78.8 Å². The van der Waals surface area contributed by atoms with Gasteiger partial charge < -0.3 is 10.2 Å². The Balaban J connectivity index is 1.73. The zero-order chi connectivity index (χ0) is 21.7. The van der Waals surface area contributed by atoms with Gasteiger partial charge in [-0.15, -0.1) is 5.73 Å². The summed E-state index contributed by atoms with van der Waals surface area (Å²) in [4.78, 5) is 7.10. The van der Waals surface area contributed by atoms with Crippen molar-refractivity contribution in [3.05, 3.63) is 83.4 Å². The zero-order valence-corrected chi connectivity index (χ0v) is 19.1. The van der Waals surface area contributed by atoms with Gasteiger partial charge in [0.2, 0.25) is 0 Å². The van der Waals surface area contributed by atoms with E-state index in [9.17, 15) is 0 Å². The molecule has 1 N–H and O–H groups in total. The lowest BCUT2D eigenvalue weighted by Crippen LogP contribution is -2.33. The number of nitrogens with zero attached hydrogens (tertiary/aromatic N) is 2. The second kappa shape index (κ2) is 9.68. The highest BCUT2D eigenvalue weighted by atomic mass is 15.1. The summed E-state index contributed by atoms with van der Waals surface area (Å²) in [5.41, 5.74) is 10.6. The van der Waals surface area contributed by atoms with Crippen molar-refractivity contribution >= 4 is 11.3 Å². The van der Waals surface area contributed by atoms with E-state index in [4.69, 9.17) is 4.98 Å². The van der Waals surface area contributed by atoms with E-state index in [1.807, 2.05) is 6.20 Å². The number of allylic oxidation sites excluding steroid dienone is 1. The minimum atomic E-state index is 0.239.